The van der Waals surface area contributed by atoms with E-state index in [2.05, 4.69) is 0 Å². The maximum atomic E-state index is 10.1. The Morgan fingerprint density at radius 2 is 0.607 bits per heavy atom. The van der Waals surface area contributed by atoms with Gasteiger partial charge in [-0.15, -0.1) is 0 Å². The van der Waals surface area contributed by atoms with Gasteiger partial charge in [-0.3, -0.25) is 0 Å². The molecule has 7 heteroatoms. The summed E-state index contributed by atoms with van der Waals surface area (Å²) in [7, 11) is 0. The Morgan fingerprint density at radius 3 is 0.714 bits per heavy atom. The topological polar surface area (TPSA) is 120 Å². The van der Waals surface area contributed by atoms with E-state index < -0.39 is 17.9 Å². The molecule has 1 radical (unpaired) electrons. The number of carbonyl (C=O) groups excluding carboxylic acids is 3. The SMILES string of the molecule is O=C([O-])c1ccccc1.O=C([O-])c1ccccc1.O=C([O-])c1ccccc1.[Ce+3]. The maximum Gasteiger partial charge on any atom is 3.00 e. The second kappa shape index (κ2) is 14.5. The molecule has 0 atom stereocenters. The van der Waals surface area contributed by atoms with E-state index in [1.165, 1.54) is 36.4 Å². The summed E-state index contributed by atoms with van der Waals surface area (Å²) < 4.78 is 0. The molecule has 0 saturated carbocycles. The van der Waals surface area contributed by atoms with Crippen LogP contribution in [0.1, 0.15) is 31.1 Å². The first-order valence-corrected chi connectivity index (χ1v) is 7.71. The van der Waals surface area contributed by atoms with Gasteiger partial charge in [-0.2, -0.15) is 0 Å². The van der Waals surface area contributed by atoms with Crippen LogP contribution in [0.25, 0.3) is 0 Å². The third-order valence-corrected chi connectivity index (χ3v) is 3.03. The summed E-state index contributed by atoms with van der Waals surface area (Å²) in [5.41, 5.74) is 0.660. The van der Waals surface area contributed by atoms with Gasteiger partial charge in [-0.05, 0) is 16.7 Å². The van der Waals surface area contributed by atoms with Crippen LogP contribution in [0, 0.1) is 41.7 Å². The Labute approximate surface area is 195 Å². The minimum Gasteiger partial charge on any atom is -0.545 e. The van der Waals surface area contributed by atoms with Crippen LogP contribution in [0.3, 0.4) is 0 Å². The zero-order valence-electron chi connectivity index (χ0n) is 14.6. The molecule has 0 unspecified atom stereocenters. The van der Waals surface area contributed by atoms with Gasteiger partial charge in [0.1, 0.15) is 0 Å². The Bertz CT molecular complexity index is 734. The van der Waals surface area contributed by atoms with Crippen LogP contribution in [0.4, 0.5) is 0 Å². The molecule has 0 spiro atoms. The zero-order chi connectivity index (χ0) is 20.1. The first-order chi connectivity index (χ1) is 12.9. The van der Waals surface area contributed by atoms with E-state index in [0.717, 1.165) is 0 Å². The van der Waals surface area contributed by atoms with Crippen molar-refractivity contribution in [1.29, 1.82) is 0 Å². The van der Waals surface area contributed by atoms with E-state index in [9.17, 15) is 29.7 Å². The van der Waals surface area contributed by atoms with Gasteiger partial charge in [0, 0.05) is 0 Å². The molecule has 0 bridgehead atoms. The molecular formula is C21H15CeO6. The molecule has 0 heterocycles. The fourth-order valence-corrected chi connectivity index (χ4v) is 1.72. The maximum absolute atomic E-state index is 10.1. The average molecular weight is 503 g/mol. The Kier molecular flexibility index (Phi) is 13.2. The molecule has 6 nitrogen and oxygen atoms in total. The van der Waals surface area contributed by atoms with Crippen molar-refractivity contribution < 1.29 is 71.5 Å². The molecule has 0 saturated heterocycles. The number of carbonyl (C=O) groups is 3. The van der Waals surface area contributed by atoms with Crippen molar-refractivity contribution in [1.82, 2.24) is 0 Å². The van der Waals surface area contributed by atoms with Crippen molar-refractivity contribution in [3.8, 4) is 0 Å². The molecule has 3 aromatic carbocycles. The van der Waals surface area contributed by atoms with Crippen LogP contribution in [0.5, 0.6) is 0 Å². The van der Waals surface area contributed by atoms with Crippen LogP contribution >= 0.6 is 0 Å². The largest absolute Gasteiger partial charge is 3.00 e. The van der Waals surface area contributed by atoms with E-state index in [1.807, 2.05) is 0 Å². The average Bonchev–Trinajstić information content (AvgIpc) is 2.71. The van der Waals surface area contributed by atoms with E-state index in [-0.39, 0.29) is 58.4 Å². The van der Waals surface area contributed by atoms with Gasteiger partial charge in [-0.1, -0.05) is 91.0 Å². The van der Waals surface area contributed by atoms with Gasteiger partial charge >= 0.3 is 41.7 Å². The number of aromatic carboxylic acids is 3. The molecule has 0 fully saturated rings. The van der Waals surface area contributed by atoms with Crippen molar-refractivity contribution in [2.24, 2.45) is 0 Å². The number of hydrogen-bond donors (Lipinski definition) is 0. The third-order valence-electron chi connectivity index (χ3n) is 3.03. The molecule has 0 N–H and O–H groups in total. The summed E-state index contributed by atoms with van der Waals surface area (Å²) in [5.74, 6) is -3.39. The van der Waals surface area contributed by atoms with Crippen molar-refractivity contribution >= 4 is 17.9 Å². The molecule has 0 aliphatic heterocycles. The van der Waals surface area contributed by atoms with Gasteiger partial charge in [0.2, 0.25) is 0 Å². The van der Waals surface area contributed by atoms with Crippen LogP contribution < -0.4 is 15.3 Å². The molecule has 139 valence electrons. The summed E-state index contributed by atoms with van der Waals surface area (Å²) in [6, 6.07) is 24.2. The summed E-state index contributed by atoms with van der Waals surface area (Å²) in [5, 5.41) is 30.3. The van der Waals surface area contributed by atoms with Crippen LogP contribution in [0.2, 0.25) is 0 Å². The molecule has 3 rings (SSSR count). The Balaban J connectivity index is 0.000000384. The van der Waals surface area contributed by atoms with E-state index >= 15 is 0 Å². The van der Waals surface area contributed by atoms with Gasteiger partial charge in [-0.25, -0.2) is 0 Å². The minimum atomic E-state index is -1.13. The van der Waals surface area contributed by atoms with Crippen molar-refractivity contribution in [2.45, 2.75) is 0 Å². The van der Waals surface area contributed by atoms with E-state index in [1.54, 1.807) is 54.6 Å². The molecule has 0 aromatic heterocycles. The fourth-order valence-electron chi connectivity index (χ4n) is 1.72. The molecule has 0 aliphatic rings. The minimum absolute atomic E-state index is 0. The summed E-state index contributed by atoms with van der Waals surface area (Å²) in [6.07, 6.45) is 0. The molecule has 3 aromatic rings. The van der Waals surface area contributed by atoms with Gasteiger partial charge in [0.05, 0.1) is 17.9 Å². The smallest absolute Gasteiger partial charge is 0.545 e. The molecular weight excluding hydrogens is 488 g/mol. The monoisotopic (exact) mass is 503 g/mol. The number of hydrogen-bond acceptors (Lipinski definition) is 6. The first-order valence-electron chi connectivity index (χ1n) is 7.71. The van der Waals surface area contributed by atoms with Gasteiger partial charge in [0.25, 0.3) is 0 Å². The summed E-state index contributed by atoms with van der Waals surface area (Å²) in [6.45, 7) is 0. The summed E-state index contributed by atoms with van der Waals surface area (Å²) in [4.78, 5) is 30.3. The summed E-state index contributed by atoms with van der Waals surface area (Å²) >= 11 is 0. The number of carboxylic acids is 3. The second-order valence-corrected chi connectivity index (χ2v) is 4.96. The number of benzene rings is 3. The second-order valence-electron chi connectivity index (χ2n) is 4.96. The molecule has 0 aliphatic carbocycles. The van der Waals surface area contributed by atoms with Crippen molar-refractivity contribution in [3.05, 3.63) is 108 Å². The Hall–Kier alpha value is -2.55. The van der Waals surface area contributed by atoms with Crippen molar-refractivity contribution in [3.63, 3.8) is 0 Å². The number of rotatable bonds is 3. The third kappa shape index (κ3) is 10.6. The fraction of sp³-hybridized carbons (Fsp3) is 0. The van der Waals surface area contributed by atoms with Crippen LogP contribution in [0.15, 0.2) is 91.0 Å². The van der Waals surface area contributed by atoms with E-state index in [0.29, 0.717) is 0 Å². The molecule has 28 heavy (non-hydrogen) atoms. The standard InChI is InChI=1S/3C7H6O2.Ce/c3*8-7(9)6-4-2-1-3-5-6;/h3*1-5H,(H,8,9);/q;;;+3/p-3. The van der Waals surface area contributed by atoms with E-state index in [4.69, 9.17) is 0 Å². The quantitative estimate of drug-likeness (QED) is 0.502. The normalized spacial score (nSPS) is 8.57. The van der Waals surface area contributed by atoms with Gasteiger partial charge in [0.15, 0.2) is 0 Å². The van der Waals surface area contributed by atoms with Gasteiger partial charge < -0.3 is 29.7 Å². The van der Waals surface area contributed by atoms with Crippen molar-refractivity contribution in [2.75, 3.05) is 0 Å². The predicted molar refractivity (Wildman–Crippen MR) is 92.3 cm³/mol. The Morgan fingerprint density at radius 1 is 0.429 bits per heavy atom. The van der Waals surface area contributed by atoms with Crippen LogP contribution in [-0.2, 0) is 0 Å². The molecule has 0 amide bonds. The number of carboxylic acid groups (broad SMARTS) is 3. The predicted octanol–water partition coefficient (Wildman–Crippen LogP) is 0.150. The van der Waals surface area contributed by atoms with Crippen LogP contribution in [-0.4, -0.2) is 17.9 Å². The first kappa shape index (κ1) is 25.4. The zero-order valence-corrected chi connectivity index (χ0v) is 17.7.